The van der Waals surface area contributed by atoms with Crippen molar-refractivity contribution < 1.29 is 0 Å². The molecule has 1 aromatic heterocycles. The van der Waals surface area contributed by atoms with Crippen molar-refractivity contribution in [1.29, 1.82) is 10.5 Å². The lowest BCUT2D eigenvalue weighted by Gasteiger charge is -2.10. The number of anilines is 1. The summed E-state index contributed by atoms with van der Waals surface area (Å²) in [6.45, 7) is 2.06. The minimum atomic E-state index is 0.186. The van der Waals surface area contributed by atoms with Crippen LogP contribution in [0.15, 0.2) is 24.3 Å². The summed E-state index contributed by atoms with van der Waals surface area (Å²) in [7, 11) is 0. The van der Waals surface area contributed by atoms with E-state index in [9.17, 15) is 10.5 Å². The summed E-state index contributed by atoms with van der Waals surface area (Å²) in [5, 5.41) is 18.6. The number of H-pyrrole nitrogens is 1. The summed E-state index contributed by atoms with van der Waals surface area (Å²) in [5.41, 5.74) is 8.76. The largest absolute Gasteiger partial charge is 0.384 e. The molecule has 1 heterocycles. The van der Waals surface area contributed by atoms with Crippen molar-refractivity contribution in [2.75, 3.05) is 5.73 Å². The first kappa shape index (κ1) is 13.8. The molecule has 0 bridgehead atoms. The van der Waals surface area contributed by atoms with Gasteiger partial charge in [0.15, 0.2) is 0 Å². The van der Waals surface area contributed by atoms with Gasteiger partial charge in [-0.3, -0.25) is 0 Å². The molecule has 0 amide bonds. The molecule has 0 aliphatic heterocycles. The highest BCUT2D eigenvalue weighted by Crippen LogP contribution is 2.30. The molecule has 3 N–H and O–H groups in total. The van der Waals surface area contributed by atoms with E-state index in [1.807, 2.05) is 30.3 Å². The molecule has 0 saturated carbocycles. The molecule has 0 fully saturated rings. The summed E-state index contributed by atoms with van der Waals surface area (Å²) in [6, 6.07) is 11.8. The Bertz CT molecular complexity index is 789. The number of nitrogen functional groups attached to an aromatic ring is 1. The van der Waals surface area contributed by atoms with Gasteiger partial charge in [0, 0.05) is 5.56 Å². The summed E-state index contributed by atoms with van der Waals surface area (Å²) in [5.74, 6) is 0.186. The topological polar surface area (TPSA) is 89.4 Å². The van der Waals surface area contributed by atoms with Gasteiger partial charge in [-0.1, -0.05) is 43.4 Å². The molecular weight excluding hydrogens is 268 g/mol. The molecule has 0 aliphatic rings. The van der Waals surface area contributed by atoms with E-state index in [0.29, 0.717) is 5.56 Å². The highest BCUT2D eigenvalue weighted by molar-refractivity contribution is 7.71. The van der Waals surface area contributed by atoms with E-state index in [1.165, 1.54) is 5.56 Å². The number of aryl methyl sites for hydroxylation is 1. The maximum Gasteiger partial charge on any atom is 0.123 e. The predicted octanol–water partition coefficient (Wildman–Crippen LogP) is 3.30. The molecule has 4 nitrogen and oxygen atoms in total. The van der Waals surface area contributed by atoms with Crippen molar-refractivity contribution in [3.05, 3.63) is 45.6 Å². The summed E-state index contributed by atoms with van der Waals surface area (Å²) in [4.78, 5) is 2.69. The average Bonchev–Trinajstić information content (AvgIpc) is 2.46. The molecule has 98 valence electrons. The summed E-state index contributed by atoms with van der Waals surface area (Å²) >= 11 is 5.11. The summed E-state index contributed by atoms with van der Waals surface area (Å²) in [6.07, 6.45) is 0.924. The molecule has 2 aromatic rings. The smallest absolute Gasteiger partial charge is 0.123 e. The maximum atomic E-state index is 9.29. The maximum absolute atomic E-state index is 9.29. The molecule has 0 aliphatic carbocycles. The van der Waals surface area contributed by atoms with Crippen LogP contribution in [0.4, 0.5) is 5.82 Å². The Kier molecular flexibility index (Phi) is 3.84. The Labute approximate surface area is 122 Å². The van der Waals surface area contributed by atoms with E-state index in [1.54, 1.807) is 0 Å². The Hall–Kier alpha value is -2.63. The average molecular weight is 280 g/mol. The van der Waals surface area contributed by atoms with Crippen molar-refractivity contribution in [3.63, 3.8) is 0 Å². The second-order valence-electron chi connectivity index (χ2n) is 4.27. The van der Waals surface area contributed by atoms with Gasteiger partial charge >= 0.3 is 0 Å². The van der Waals surface area contributed by atoms with Gasteiger partial charge in [-0.2, -0.15) is 10.5 Å². The van der Waals surface area contributed by atoms with Gasteiger partial charge < -0.3 is 10.7 Å². The van der Waals surface area contributed by atoms with Crippen molar-refractivity contribution in [3.8, 4) is 23.3 Å². The van der Waals surface area contributed by atoms with Crippen LogP contribution < -0.4 is 5.73 Å². The zero-order valence-corrected chi connectivity index (χ0v) is 11.7. The number of nitrogens with two attached hydrogens (primary N) is 1. The van der Waals surface area contributed by atoms with E-state index in [4.69, 9.17) is 18.0 Å². The fourth-order valence-corrected chi connectivity index (χ4v) is 2.30. The van der Waals surface area contributed by atoms with Gasteiger partial charge in [-0.25, -0.2) is 0 Å². The molecule has 0 saturated heterocycles. The van der Waals surface area contributed by atoms with Gasteiger partial charge in [0.1, 0.15) is 28.2 Å². The van der Waals surface area contributed by atoms with Crippen LogP contribution in [0.5, 0.6) is 0 Å². The fraction of sp³-hybridized carbons (Fsp3) is 0.133. The Morgan fingerprint density at radius 3 is 2.25 bits per heavy atom. The van der Waals surface area contributed by atoms with Crippen molar-refractivity contribution in [1.82, 2.24) is 4.98 Å². The van der Waals surface area contributed by atoms with Crippen LogP contribution in [0.2, 0.25) is 0 Å². The third-order valence-corrected chi connectivity index (χ3v) is 3.43. The standard InChI is InChI=1S/C15H12N4S/c1-2-9-3-5-10(6-4-9)13-11(7-16)14(18)19-15(20)12(13)8-17/h3-6H,2H2,1H3,(H3,18,19,20). The van der Waals surface area contributed by atoms with E-state index in [-0.39, 0.29) is 21.6 Å². The molecule has 0 spiro atoms. The third-order valence-electron chi connectivity index (χ3n) is 3.12. The lowest BCUT2D eigenvalue weighted by molar-refractivity contribution is 1.14. The number of hydrogen-bond donors (Lipinski definition) is 2. The van der Waals surface area contributed by atoms with Crippen LogP contribution in [-0.2, 0) is 6.42 Å². The van der Waals surface area contributed by atoms with Gasteiger partial charge in [-0.15, -0.1) is 0 Å². The van der Waals surface area contributed by atoms with Crippen molar-refractivity contribution >= 4 is 18.0 Å². The highest BCUT2D eigenvalue weighted by atomic mass is 32.1. The molecule has 0 atom stereocenters. The second-order valence-corrected chi connectivity index (χ2v) is 4.68. The Morgan fingerprint density at radius 2 is 1.75 bits per heavy atom. The zero-order valence-electron chi connectivity index (χ0n) is 10.9. The van der Waals surface area contributed by atoms with Crippen molar-refractivity contribution in [2.45, 2.75) is 13.3 Å². The number of aromatic nitrogens is 1. The molecule has 20 heavy (non-hydrogen) atoms. The lowest BCUT2D eigenvalue weighted by atomic mass is 9.96. The normalized spacial score (nSPS) is 9.75. The molecule has 0 unspecified atom stereocenters. The minimum Gasteiger partial charge on any atom is -0.384 e. The predicted molar refractivity (Wildman–Crippen MR) is 80.3 cm³/mol. The van der Waals surface area contributed by atoms with Crippen LogP contribution in [-0.4, -0.2) is 4.98 Å². The van der Waals surface area contributed by atoms with Crippen LogP contribution in [0.3, 0.4) is 0 Å². The number of aromatic amines is 1. The van der Waals surface area contributed by atoms with E-state index in [2.05, 4.69) is 18.0 Å². The third kappa shape index (κ3) is 2.27. The Balaban J connectivity index is 2.81. The number of nitrogens with zero attached hydrogens (tertiary/aromatic N) is 2. The molecule has 0 radical (unpaired) electrons. The van der Waals surface area contributed by atoms with E-state index < -0.39 is 0 Å². The SMILES string of the molecule is CCc1ccc(-c2c(C#N)c(N)[nH]c(=S)c2C#N)cc1. The summed E-state index contributed by atoms with van der Waals surface area (Å²) < 4.78 is 0.249. The monoisotopic (exact) mass is 280 g/mol. The van der Waals surface area contributed by atoms with E-state index >= 15 is 0 Å². The quantitative estimate of drug-likeness (QED) is 0.826. The number of rotatable bonds is 2. The number of pyridine rings is 1. The number of nitrogens with one attached hydrogen (secondary N) is 1. The van der Waals surface area contributed by atoms with Crippen LogP contribution in [0, 0.1) is 27.3 Å². The lowest BCUT2D eigenvalue weighted by Crippen LogP contribution is -2.01. The van der Waals surface area contributed by atoms with E-state index in [0.717, 1.165) is 12.0 Å². The van der Waals surface area contributed by atoms with Gasteiger partial charge in [0.2, 0.25) is 0 Å². The number of hydrogen-bond acceptors (Lipinski definition) is 4. The molecule has 2 rings (SSSR count). The van der Waals surface area contributed by atoms with Gasteiger partial charge in [0.05, 0.1) is 5.56 Å². The fourth-order valence-electron chi connectivity index (χ4n) is 2.04. The first-order valence-corrected chi connectivity index (χ1v) is 6.48. The highest BCUT2D eigenvalue weighted by Gasteiger charge is 2.16. The minimum absolute atomic E-state index is 0.186. The molecular formula is C15H12N4S. The molecule has 5 heteroatoms. The van der Waals surface area contributed by atoms with Crippen LogP contribution in [0.1, 0.15) is 23.6 Å². The first-order chi connectivity index (χ1) is 9.62. The Morgan fingerprint density at radius 1 is 1.15 bits per heavy atom. The van der Waals surface area contributed by atoms with Crippen LogP contribution in [0.25, 0.3) is 11.1 Å². The molecule has 1 aromatic carbocycles. The van der Waals surface area contributed by atoms with Gasteiger partial charge in [-0.05, 0) is 17.5 Å². The van der Waals surface area contributed by atoms with Gasteiger partial charge in [0.25, 0.3) is 0 Å². The van der Waals surface area contributed by atoms with Crippen LogP contribution >= 0.6 is 12.2 Å². The number of nitriles is 2. The second kappa shape index (κ2) is 5.56. The number of benzene rings is 1. The zero-order chi connectivity index (χ0) is 14.7. The first-order valence-electron chi connectivity index (χ1n) is 6.07. The van der Waals surface area contributed by atoms with Crippen molar-refractivity contribution in [2.24, 2.45) is 0 Å².